The summed E-state index contributed by atoms with van der Waals surface area (Å²) in [5.74, 6) is 0. The molecule has 1 fully saturated rings. The number of alkyl halides is 1. The Labute approximate surface area is 95.0 Å². The minimum absolute atomic E-state index is 0. The molecule has 1 unspecified atom stereocenters. The molecule has 0 saturated carbocycles. The first-order valence-electron chi connectivity index (χ1n) is 4.20. The standard InChI is InChI=1S/C8H17IN2.ClH/c1-7(2)11-5-4-10-6-8(11,3)9;/h7,10H,4-6H2,1-3H3;1H. The minimum atomic E-state index is 0. The van der Waals surface area contributed by atoms with Gasteiger partial charge in [-0.15, -0.1) is 12.4 Å². The quantitative estimate of drug-likeness (QED) is 0.452. The molecule has 0 aromatic rings. The van der Waals surface area contributed by atoms with Crippen molar-refractivity contribution in [1.29, 1.82) is 0 Å². The highest BCUT2D eigenvalue weighted by atomic mass is 127. The molecule has 0 bridgehead atoms. The molecule has 0 radical (unpaired) electrons. The van der Waals surface area contributed by atoms with E-state index in [9.17, 15) is 0 Å². The zero-order valence-electron chi connectivity index (χ0n) is 7.93. The molecule has 1 rings (SSSR count). The molecule has 74 valence electrons. The maximum absolute atomic E-state index is 3.41. The van der Waals surface area contributed by atoms with E-state index in [1.165, 1.54) is 6.54 Å². The largest absolute Gasteiger partial charge is 0.313 e. The lowest BCUT2D eigenvalue weighted by Crippen LogP contribution is -2.58. The predicted octanol–water partition coefficient (Wildman–Crippen LogP) is 1.87. The van der Waals surface area contributed by atoms with Crippen LogP contribution in [0.3, 0.4) is 0 Å². The van der Waals surface area contributed by atoms with E-state index in [-0.39, 0.29) is 12.4 Å². The fourth-order valence-electron chi connectivity index (χ4n) is 1.65. The summed E-state index contributed by atoms with van der Waals surface area (Å²) < 4.78 is 0.310. The van der Waals surface area contributed by atoms with Gasteiger partial charge in [0.05, 0.1) is 3.55 Å². The Bertz CT molecular complexity index is 139. The Morgan fingerprint density at radius 3 is 2.42 bits per heavy atom. The van der Waals surface area contributed by atoms with Gasteiger partial charge in [-0.1, -0.05) is 22.6 Å². The van der Waals surface area contributed by atoms with Crippen LogP contribution in [0.25, 0.3) is 0 Å². The molecule has 1 saturated heterocycles. The third-order valence-corrected chi connectivity index (χ3v) is 3.20. The number of hydrogen-bond donors (Lipinski definition) is 1. The van der Waals surface area contributed by atoms with Crippen molar-refractivity contribution in [3.8, 4) is 0 Å². The van der Waals surface area contributed by atoms with Crippen LogP contribution in [-0.4, -0.2) is 34.1 Å². The van der Waals surface area contributed by atoms with Crippen LogP contribution in [0.1, 0.15) is 20.8 Å². The van der Waals surface area contributed by atoms with Gasteiger partial charge in [-0.05, 0) is 20.8 Å². The second-order valence-electron chi connectivity index (χ2n) is 3.61. The van der Waals surface area contributed by atoms with Crippen LogP contribution in [0.15, 0.2) is 0 Å². The SMILES string of the molecule is CC(C)N1CCNCC1(C)I.Cl. The molecule has 1 atom stereocenters. The number of halogens is 2. The summed E-state index contributed by atoms with van der Waals surface area (Å²) in [7, 11) is 0. The highest BCUT2D eigenvalue weighted by molar-refractivity contribution is 14.1. The maximum Gasteiger partial charge on any atom is 0.0830 e. The summed E-state index contributed by atoms with van der Waals surface area (Å²) in [6.45, 7) is 10.2. The maximum atomic E-state index is 3.41. The molecule has 1 N–H and O–H groups in total. The van der Waals surface area contributed by atoms with Crippen molar-refractivity contribution in [2.45, 2.75) is 30.4 Å². The summed E-state index contributed by atoms with van der Waals surface area (Å²) >= 11 is 2.53. The van der Waals surface area contributed by atoms with Crippen LogP contribution in [-0.2, 0) is 0 Å². The monoisotopic (exact) mass is 304 g/mol. The Balaban J connectivity index is 0.00000121. The van der Waals surface area contributed by atoms with E-state index in [0.29, 0.717) is 9.59 Å². The van der Waals surface area contributed by atoms with E-state index in [1.807, 2.05) is 0 Å². The Kier molecular flexibility index (Phi) is 5.37. The van der Waals surface area contributed by atoms with Crippen LogP contribution in [0.5, 0.6) is 0 Å². The smallest absolute Gasteiger partial charge is 0.0830 e. The third kappa shape index (κ3) is 3.01. The number of nitrogens with one attached hydrogen (secondary N) is 1. The van der Waals surface area contributed by atoms with Crippen molar-refractivity contribution in [3.63, 3.8) is 0 Å². The third-order valence-electron chi connectivity index (χ3n) is 2.20. The van der Waals surface area contributed by atoms with Crippen LogP contribution in [0.2, 0.25) is 0 Å². The fourth-order valence-corrected chi connectivity index (χ4v) is 2.72. The van der Waals surface area contributed by atoms with Crippen molar-refractivity contribution >= 4 is 35.0 Å². The first kappa shape index (κ1) is 12.9. The van der Waals surface area contributed by atoms with Crippen LogP contribution in [0.4, 0.5) is 0 Å². The van der Waals surface area contributed by atoms with Gasteiger partial charge < -0.3 is 5.32 Å². The second-order valence-corrected chi connectivity index (χ2v) is 5.93. The molecule has 1 aliphatic heterocycles. The highest BCUT2D eigenvalue weighted by Gasteiger charge is 2.32. The summed E-state index contributed by atoms with van der Waals surface area (Å²) in [4.78, 5) is 2.55. The van der Waals surface area contributed by atoms with Gasteiger partial charge >= 0.3 is 0 Å². The molecule has 12 heavy (non-hydrogen) atoms. The molecule has 0 aromatic heterocycles. The zero-order chi connectivity index (χ0) is 8.48. The van der Waals surface area contributed by atoms with Crippen molar-refractivity contribution < 1.29 is 0 Å². The number of rotatable bonds is 1. The molecule has 2 nitrogen and oxygen atoms in total. The van der Waals surface area contributed by atoms with Crippen molar-refractivity contribution in [2.24, 2.45) is 0 Å². The molecule has 1 heterocycles. The molecule has 0 spiro atoms. The normalized spacial score (nSPS) is 31.8. The number of hydrogen-bond acceptors (Lipinski definition) is 2. The van der Waals surface area contributed by atoms with E-state index in [1.54, 1.807) is 0 Å². The topological polar surface area (TPSA) is 15.3 Å². The van der Waals surface area contributed by atoms with Gasteiger partial charge in [0, 0.05) is 25.7 Å². The van der Waals surface area contributed by atoms with Gasteiger partial charge in [-0.3, -0.25) is 4.90 Å². The number of nitrogens with zero attached hydrogens (tertiary/aromatic N) is 1. The van der Waals surface area contributed by atoms with Gasteiger partial charge in [-0.25, -0.2) is 0 Å². The van der Waals surface area contributed by atoms with E-state index < -0.39 is 0 Å². The average molecular weight is 305 g/mol. The minimum Gasteiger partial charge on any atom is -0.313 e. The Morgan fingerprint density at radius 1 is 1.50 bits per heavy atom. The summed E-state index contributed by atoms with van der Waals surface area (Å²) in [5, 5.41) is 3.41. The van der Waals surface area contributed by atoms with Gasteiger partial charge in [-0.2, -0.15) is 0 Å². The van der Waals surface area contributed by atoms with Gasteiger partial charge in [0.15, 0.2) is 0 Å². The molecular formula is C8H18ClIN2. The molecule has 0 aromatic carbocycles. The first-order valence-corrected chi connectivity index (χ1v) is 5.28. The molecular weight excluding hydrogens is 286 g/mol. The van der Waals surface area contributed by atoms with E-state index >= 15 is 0 Å². The molecule has 0 aliphatic carbocycles. The predicted molar refractivity (Wildman–Crippen MR) is 64.4 cm³/mol. The van der Waals surface area contributed by atoms with Crippen molar-refractivity contribution in [1.82, 2.24) is 10.2 Å². The summed E-state index contributed by atoms with van der Waals surface area (Å²) in [6, 6.07) is 0.666. The summed E-state index contributed by atoms with van der Waals surface area (Å²) in [5.41, 5.74) is 0. The molecule has 0 amide bonds. The zero-order valence-corrected chi connectivity index (χ0v) is 10.9. The lowest BCUT2D eigenvalue weighted by molar-refractivity contribution is 0.123. The number of piperazine rings is 1. The van der Waals surface area contributed by atoms with Crippen molar-refractivity contribution in [2.75, 3.05) is 19.6 Å². The van der Waals surface area contributed by atoms with Crippen LogP contribution >= 0.6 is 35.0 Å². The summed E-state index contributed by atoms with van der Waals surface area (Å²) in [6.07, 6.45) is 0. The Hall–Kier alpha value is 0.940. The molecule has 4 heteroatoms. The second kappa shape index (κ2) is 4.98. The lowest BCUT2D eigenvalue weighted by Gasteiger charge is -2.43. The first-order chi connectivity index (χ1) is 5.04. The van der Waals surface area contributed by atoms with Gasteiger partial charge in [0.1, 0.15) is 0 Å². The van der Waals surface area contributed by atoms with Crippen LogP contribution < -0.4 is 5.32 Å². The van der Waals surface area contributed by atoms with Gasteiger partial charge in [0.2, 0.25) is 0 Å². The average Bonchev–Trinajstić information content (AvgIpc) is 1.85. The fraction of sp³-hybridized carbons (Fsp3) is 1.00. The van der Waals surface area contributed by atoms with E-state index in [2.05, 4.69) is 53.6 Å². The highest BCUT2D eigenvalue weighted by Crippen LogP contribution is 2.26. The Morgan fingerprint density at radius 2 is 2.08 bits per heavy atom. The molecule has 1 aliphatic rings. The van der Waals surface area contributed by atoms with Crippen molar-refractivity contribution in [3.05, 3.63) is 0 Å². The van der Waals surface area contributed by atoms with E-state index in [4.69, 9.17) is 0 Å². The van der Waals surface area contributed by atoms with Gasteiger partial charge in [0.25, 0.3) is 0 Å². The van der Waals surface area contributed by atoms with E-state index in [0.717, 1.165) is 13.1 Å². The van der Waals surface area contributed by atoms with Crippen LogP contribution in [0, 0.1) is 0 Å². The lowest BCUT2D eigenvalue weighted by atomic mass is 10.2.